The number of rotatable bonds is 3. The van der Waals surface area contributed by atoms with Crippen molar-refractivity contribution in [1.29, 1.82) is 0 Å². The Hall–Kier alpha value is -3.48. The number of amides is 1. The van der Waals surface area contributed by atoms with E-state index in [0.717, 1.165) is 0 Å². The molecule has 0 bridgehead atoms. The smallest absolute Gasteiger partial charge is 0.250 e. The van der Waals surface area contributed by atoms with Crippen molar-refractivity contribution in [1.82, 2.24) is 14.4 Å². The summed E-state index contributed by atoms with van der Waals surface area (Å²) in [4.78, 5) is 20.3. The van der Waals surface area contributed by atoms with E-state index in [1.807, 2.05) is 6.07 Å². The van der Waals surface area contributed by atoms with Crippen molar-refractivity contribution in [2.45, 2.75) is 0 Å². The fraction of sp³-hybridized carbons (Fsp3) is 0. The number of nitrogens with one attached hydrogen (secondary N) is 1. The lowest BCUT2D eigenvalue weighted by Crippen LogP contribution is -2.13. The average Bonchev–Trinajstić information content (AvgIpc) is 3.06. The first-order valence-electron chi connectivity index (χ1n) is 7.21. The summed E-state index contributed by atoms with van der Waals surface area (Å²) >= 11 is 0. The molecule has 0 aliphatic heterocycles. The van der Waals surface area contributed by atoms with Crippen LogP contribution in [-0.4, -0.2) is 20.3 Å². The van der Waals surface area contributed by atoms with Crippen LogP contribution in [-0.2, 0) is 0 Å². The van der Waals surface area contributed by atoms with E-state index in [-0.39, 0.29) is 5.69 Å². The molecule has 0 saturated carbocycles. The minimum atomic E-state index is -0.579. The predicted octanol–water partition coefficient (Wildman–Crippen LogP) is 2.86. The number of aromatic nitrogens is 3. The maximum absolute atomic E-state index is 13.9. The fourth-order valence-corrected chi connectivity index (χ4v) is 2.66. The summed E-state index contributed by atoms with van der Waals surface area (Å²) in [6.45, 7) is 0. The predicted molar refractivity (Wildman–Crippen MR) is 88.7 cm³/mol. The van der Waals surface area contributed by atoms with Gasteiger partial charge in [0.25, 0.3) is 5.91 Å². The first-order valence-corrected chi connectivity index (χ1v) is 7.21. The van der Waals surface area contributed by atoms with Crippen LogP contribution in [0.2, 0.25) is 0 Å². The number of hydrogen-bond donors (Lipinski definition) is 2. The number of para-hydroxylation sites is 2. The summed E-state index contributed by atoms with van der Waals surface area (Å²) < 4.78 is 15.7. The van der Waals surface area contributed by atoms with Gasteiger partial charge in [-0.15, -0.1) is 0 Å². The molecular formula is C17H12FN5O. The maximum atomic E-state index is 13.9. The normalized spacial score (nSPS) is 11.0. The number of fused-ring (bicyclic) bond motifs is 3. The standard InChI is InChI=1S/C17H12FN5O/c18-11-5-1-2-6-12(11)21-17-14-8-20-9-23(14)13-7-3-4-10(16(19)24)15(13)22-17/h1-9H,(H2,19,24)(H,21,22). The van der Waals surface area contributed by atoms with E-state index < -0.39 is 11.7 Å². The molecule has 0 unspecified atom stereocenters. The summed E-state index contributed by atoms with van der Waals surface area (Å²) in [5.41, 5.74) is 7.79. The molecule has 3 N–H and O–H groups in total. The quantitative estimate of drug-likeness (QED) is 0.607. The zero-order valence-corrected chi connectivity index (χ0v) is 12.4. The molecule has 0 fully saturated rings. The Bertz CT molecular complexity index is 1090. The van der Waals surface area contributed by atoms with Gasteiger partial charge < -0.3 is 11.1 Å². The topological polar surface area (TPSA) is 85.3 Å². The Balaban J connectivity index is 2.00. The second-order valence-corrected chi connectivity index (χ2v) is 5.25. The van der Waals surface area contributed by atoms with Gasteiger partial charge in [0.15, 0.2) is 5.82 Å². The monoisotopic (exact) mass is 321 g/mol. The Morgan fingerprint density at radius 3 is 2.75 bits per heavy atom. The third-order valence-corrected chi connectivity index (χ3v) is 3.77. The molecule has 1 amide bonds. The van der Waals surface area contributed by atoms with Crippen molar-refractivity contribution < 1.29 is 9.18 Å². The Morgan fingerprint density at radius 1 is 1.12 bits per heavy atom. The average molecular weight is 321 g/mol. The number of carbonyl (C=O) groups excluding carboxylic acids is 1. The molecule has 0 atom stereocenters. The van der Waals surface area contributed by atoms with Crippen molar-refractivity contribution in [3.63, 3.8) is 0 Å². The number of nitrogens with two attached hydrogens (primary N) is 1. The van der Waals surface area contributed by atoms with Gasteiger partial charge in [-0.3, -0.25) is 9.20 Å². The van der Waals surface area contributed by atoms with Crippen LogP contribution in [0.15, 0.2) is 55.0 Å². The van der Waals surface area contributed by atoms with Crippen LogP contribution in [0.5, 0.6) is 0 Å². The highest BCUT2D eigenvalue weighted by molar-refractivity contribution is 6.05. The first kappa shape index (κ1) is 14.1. The highest BCUT2D eigenvalue weighted by Crippen LogP contribution is 2.27. The van der Waals surface area contributed by atoms with E-state index in [4.69, 9.17) is 5.73 Å². The molecule has 2 aromatic heterocycles. The molecule has 0 saturated heterocycles. The SMILES string of the molecule is NC(=O)c1cccc2c1nc(Nc1ccccc1F)c1cncn12. The van der Waals surface area contributed by atoms with E-state index in [9.17, 15) is 9.18 Å². The summed E-state index contributed by atoms with van der Waals surface area (Å²) in [5.74, 6) is -0.594. The van der Waals surface area contributed by atoms with Crippen molar-refractivity contribution in [2.24, 2.45) is 5.73 Å². The third kappa shape index (κ3) is 2.14. The Labute approximate surface area is 135 Å². The second kappa shape index (κ2) is 5.31. The lowest BCUT2D eigenvalue weighted by Gasteiger charge is -2.12. The van der Waals surface area contributed by atoms with E-state index in [0.29, 0.717) is 27.9 Å². The Morgan fingerprint density at radius 2 is 1.96 bits per heavy atom. The van der Waals surface area contributed by atoms with Gasteiger partial charge in [0, 0.05) is 0 Å². The van der Waals surface area contributed by atoms with E-state index in [1.165, 1.54) is 6.07 Å². The molecule has 0 aliphatic carbocycles. The van der Waals surface area contributed by atoms with Gasteiger partial charge in [0.05, 0.1) is 29.3 Å². The second-order valence-electron chi connectivity index (χ2n) is 5.25. The highest BCUT2D eigenvalue weighted by atomic mass is 19.1. The van der Waals surface area contributed by atoms with E-state index in [1.54, 1.807) is 47.3 Å². The van der Waals surface area contributed by atoms with Crippen LogP contribution in [0, 0.1) is 5.82 Å². The van der Waals surface area contributed by atoms with Gasteiger partial charge in [-0.25, -0.2) is 14.4 Å². The van der Waals surface area contributed by atoms with Gasteiger partial charge in [-0.1, -0.05) is 18.2 Å². The van der Waals surface area contributed by atoms with E-state index >= 15 is 0 Å². The van der Waals surface area contributed by atoms with Crippen molar-refractivity contribution in [3.05, 3.63) is 66.4 Å². The van der Waals surface area contributed by atoms with Gasteiger partial charge in [-0.05, 0) is 24.3 Å². The molecule has 118 valence electrons. The van der Waals surface area contributed by atoms with Crippen molar-refractivity contribution in [3.8, 4) is 0 Å². The highest BCUT2D eigenvalue weighted by Gasteiger charge is 2.15. The molecule has 0 spiro atoms. The molecule has 24 heavy (non-hydrogen) atoms. The van der Waals surface area contributed by atoms with Gasteiger partial charge in [0.2, 0.25) is 0 Å². The van der Waals surface area contributed by atoms with Crippen LogP contribution in [0.1, 0.15) is 10.4 Å². The molecule has 4 aromatic rings. The third-order valence-electron chi connectivity index (χ3n) is 3.77. The molecule has 2 heterocycles. The van der Waals surface area contributed by atoms with Gasteiger partial charge in [-0.2, -0.15) is 0 Å². The lowest BCUT2D eigenvalue weighted by molar-refractivity contribution is 0.100. The summed E-state index contributed by atoms with van der Waals surface area (Å²) in [6, 6.07) is 11.4. The molecule has 6 nitrogen and oxygen atoms in total. The number of nitrogens with zero attached hydrogens (tertiary/aromatic N) is 3. The summed E-state index contributed by atoms with van der Waals surface area (Å²) in [7, 11) is 0. The van der Waals surface area contributed by atoms with Crippen molar-refractivity contribution >= 4 is 34.0 Å². The summed E-state index contributed by atoms with van der Waals surface area (Å²) in [5, 5.41) is 2.96. The number of carbonyl (C=O) groups is 1. The van der Waals surface area contributed by atoms with Gasteiger partial charge in [0.1, 0.15) is 16.9 Å². The Kier molecular flexibility index (Phi) is 3.13. The molecule has 4 rings (SSSR count). The zero-order chi connectivity index (χ0) is 16.7. The minimum Gasteiger partial charge on any atom is -0.366 e. The van der Waals surface area contributed by atoms with Crippen LogP contribution in [0.4, 0.5) is 15.9 Å². The number of halogens is 1. The molecule has 7 heteroatoms. The lowest BCUT2D eigenvalue weighted by atomic mass is 10.1. The largest absolute Gasteiger partial charge is 0.366 e. The fourth-order valence-electron chi connectivity index (χ4n) is 2.66. The molecular weight excluding hydrogens is 309 g/mol. The number of anilines is 2. The van der Waals surface area contributed by atoms with Crippen LogP contribution < -0.4 is 11.1 Å². The summed E-state index contributed by atoms with van der Waals surface area (Å²) in [6.07, 6.45) is 3.23. The zero-order valence-electron chi connectivity index (χ0n) is 12.4. The van der Waals surface area contributed by atoms with Gasteiger partial charge >= 0.3 is 0 Å². The minimum absolute atomic E-state index is 0.281. The van der Waals surface area contributed by atoms with Crippen LogP contribution in [0.3, 0.4) is 0 Å². The number of hydrogen-bond acceptors (Lipinski definition) is 4. The van der Waals surface area contributed by atoms with Crippen LogP contribution >= 0.6 is 0 Å². The first-order chi connectivity index (χ1) is 11.6. The molecule has 0 aliphatic rings. The number of benzene rings is 2. The van der Waals surface area contributed by atoms with Crippen LogP contribution in [0.25, 0.3) is 16.6 Å². The number of primary amides is 1. The number of imidazole rings is 1. The molecule has 2 aromatic carbocycles. The maximum Gasteiger partial charge on any atom is 0.250 e. The van der Waals surface area contributed by atoms with E-state index in [2.05, 4.69) is 15.3 Å². The van der Waals surface area contributed by atoms with Crippen molar-refractivity contribution in [2.75, 3.05) is 5.32 Å². The molecule has 0 radical (unpaired) electrons.